The highest BCUT2D eigenvalue weighted by atomic mass is 127. The van der Waals surface area contributed by atoms with Gasteiger partial charge >= 0.3 is 0 Å². The largest absolute Gasteiger partial charge is 0.507 e. The smallest absolute Gasteiger partial charge is 0.275 e. The van der Waals surface area contributed by atoms with Crippen LogP contribution in [0.5, 0.6) is 17.2 Å². The molecule has 0 unspecified atom stereocenters. The lowest BCUT2D eigenvalue weighted by Gasteiger charge is -2.15. The molecule has 0 spiro atoms. The normalized spacial score (nSPS) is 11.1. The molecule has 0 heterocycles. The van der Waals surface area contributed by atoms with Gasteiger partial charge in [0, 0.05) is 0 Å². The summed E-state index contributed by atoms with van der Waals surface area (Å²) in [4.78, 5) is 12.6. The lowest BCUT2D eigenvalue weighted by molar-refractivity contribution is 0.0952. The summed E-state index contributed by atoms with van der Waals surface area (Å²) in [5.41, 5.74) is 3.96. The number of hydrogen-bond acceptors (Lipinski definition) is 5. The number of carbonyl (C=O) groups excluding carboxylic acids is 1. The van der Waals surface area contributed by atoms with Gasteiger partial charge in [-0.25, -0.2) is 9.82 Å². The molecule has 4 aromatic carbocycles. The van der Waals surface area contributed by atoms with Gasteiger partial charge in [0.2, 0.25) is 0 Å². The van der Waals surface area contributed by atoms with Crippen LogP contribution in [0.15, 0.2) is 77.9 Å². The lowest BCUT2D eigenvalue weighted by atomic mass is 10.1. The molecule has 4 rings (SSSR count). The van der Waals surface area contributed by atoms with E-state index >= 15 is 0 Å². The summed E-state index contributed by atoms with van der Waals surface area (Å²) in [5.74, 6) is 0.0786. The maximum Gasteiger partial charge on any atom is 0.275 e. The average molecular weight is 584 g/mol. The van der Waals surface area contributed by atoms with E-state index < -0.39 is 5.91 Å². The highest BCUT2D eigenvalue weighted by Gasteiger charge is 2.14. The number of nitrogens with zero attached hydrogens (tertiary/aromatic N) is 1. The Morgan fingerprint density at radius 2 is 1.83 bits per heavy atom. The summed E-state index contributed by atoms with van der Waals surface area (Å²) in [6.45, 7) is 2.47. The van der Waals surface area contributed by atoms with E-state index in [1.165, 1.54) is 18.3 Å². The zero-order chi connectivity index (χ0) is 24.8. The third kappa shape index (κ3) is 6.07. The van der Waals surface area contributed by atoms with E-state index in [1.54, 1.807) is 30.3 Å². The van der Waals surface area contributed by atoms with E-state index in [-0.39, 0.29) is 23.7 Å². The van der Waals surface area contributed by atoms with Gasteiger partial charge in [-0.1, -0.05) is 36.4 Å². The van der Waals surface area contributed by atoms with Crippen molar-refractivity contribution in [3.63, 3.8) is 0 Å². The zero-order valence-electron chi connectivity index (χ0n) is 18.8. The second-order valence-corrected chi connectivity index (χ2v) is 8.76. The van der Waals surface area contributed by atoms with Crippen molar-refractivity contribution in [2.45, 2.75) is 13.5 Å². The second-order valence-electron chi connectivity index (χ2n) is 7.60. The highest BCUT2D eigenvalue weighted by molar-refractivity contribution is 14.1. The Kier molecular flexibility index (Phi) is 7.81. The summed E-state index contributed by atoms with van der Waals surface area (Å²) in [7, 11) is 0. The van der Waals surface area contributed by atoms with Crippen molar-refractivity contribution < 1.29 is 23.8 Å². The third-order valence-corrected chi connectivity index (χ3v) is 5.89. The molecule has 8 heteroatoms. The summed E-state index contributed by atoms with van der Waals surface area (Å²) in [6.07, 6.45) is 1.48. The van der Waals surface area contributed by atoms with Crippen LogP contribution in [0.4, 0.5) is 4.39 Å². The summed E-state index contributed by atoms with van der Waals surface area (Å²) in [5, 5.41) is 16.0. The molecule has 0 bridgehead atoms. The SMILES string of the molecule is CCOc1cc(C=NNC(=O)c2cc3ccccc3cc2O)cc(I)c1OCc1cccc(F)c1. The van der Waals surface area contributed by atoms with Crippen LogP contribution in [-0.4, -0.2) is 23.8 Å². The number of rotatable bonds is 8. The van der Waals surface area contributed by atoms with Crippen molar-refractivity contribution in [3.05, 3.63) is 98.9 Å². The van der Waals surface area contributed by atoms with Crippen LogP contribution >= 0.6 is 22.6 Å². The van der Waals surface area contributed by atoms with E-state index in [2.05, 4.69) is 33.1 Å². The Balaban J connectivity index is 1.49. The van der Waals surface area contributed by atoms with Gasteiger partial charge in [0.25, 0.3) is 5.91 Å². The van der Waals surface area contributed by atoms with Gasteiger partial charge in [-0.2, -0.15) is 5.10 Å². The monoisotopic (exact) mass is 584 g/mol. The average Bonchev–Trinajstić information content (AvgIpc) is 2.83. The van der Waals surface area contributed by atoms with E-state index in [9.17, 15) is 14.3 Å². The van der Waals surface area contributed by atoms with Gasteiger partial charge in [-0.3, -0.25) is 4.79 Å². The molecule has 2 N–H and O–H groups in total. The fourth-order valence-electron chi connectivity index (χ4n) is 3.48. The predicted molar refractivity (Wildman–Crippen MR) is 142 cm³/mol. The molecular weight excluding hydrogens is 562 g/mol. The molecule has 0 fully saturated rings. The van der Waals surface area contributed by atoms with E-state index in [1.807, 2.05) is 37.3 Å². The molecule has 0 aliphatic rings. The van der Waals surface area contributed by atoms with E-state index in [4.69, 9.17) is 9.47 Å². The van der Waals surface area contributed by atoms with Crippen molar-refractivity contribution in [1.29, 1.82) is 0 Å². The number of phenolic OH excluding ortho intramolecular Hbond substituents is 1. The first-order valence-corrected chi connectivity index (χ1v) is 11.9. The van der Waals surface area contributed by atoms with Crippen molar-refractivity contribution in [3.8, 4) is 17.2 Å². The molecule has 0 radical (unpaired) electrons. The van der Waals surface area contributed by atoms with Crippen LogP contribution in [0.1, 0.15) is 28.4 Å². The van der Waals surface area contributed by atoms with Gasteiger partial charge in [0.15, 0.2) is 11.5 Å². The summed E-state index contributed by atoms with van der Waals surface area (Å²) in [6, 6.07) is 20.4. The first-order valence-electron chi connectivity index (χ1n) is 10.8. The number of amides is 1. The number of benzene rings is 4. The Morgan fingerprint density at radius 1 is 1.06 bits per heavy atom. The van der Waals surface area contributed by atoms with Crippen molar-refractivity contribution >= 4 is 45.5 Å². The molecule has 0 saturated carbocycles. The molecule has 0 atom stereocenters. The molecule has 4 aromatic rings. The molecule has 0 aromatic heterocycles. The molecule has 1 amide bonds. The second kappa shape index (κ2) is 11.2. The minimum absolute atomic E-state index is 0.121. The Morgan fingerprint density at radius 3 is 2.57 bits per heavy atom. The minimum atomic E-state index is -0.528. The number of fused-ring (bicyclic) bond motifs is 1. The van der Waals surface area contributed by atoms with Gasteiger partial charge in [-0.15, -0.1) is 0 Å². The van der Waals surface area contributed by atoms with Crippen molar-refractivity contribution in [2.75, 3.05) is 6.61 Å². The molecular formula is C27H22FIN2O4. The topological polar surface area (TPSA) is 80.2 Å². The Labute approximate surface area is 215 Å². The third-order valence-electron chi connectivity index (χ3n) is 5.09. The number of halogens is 2. The molecule has 6 nitrogen and oxygen atoms in total. The number of aromatic hydroxyl groups is 1. The molecule has 178 valence electrons. The highest BCUT2D eigenvalue weighted by Crippen LogP contribution is 2.34. The van der Waals surface area contributed by atoms with Crippen LogP contribution in [0, 0.1) is 9.39 Å². The quantitative estimate of drug-likeness (QED) is 0.151. The number of carbonyl (C=O) groups is 1. The Bertz CT molecular complexity index is 1410. The summed E-state index contributed by atoms with van der Waals surface area (Å²) >= 11 is 2.13. The maximum atomic E-state index is 13.5. The van der Waals surface area contributed by atoms with Gasteiger partial charge < -0.3 is 14.6 Å². The maximum absolute atomic E-state index is 13.5. The van der Waals surface area contributed by atoms with E-state index in [0.29, 0.717) is 29.2 Å². The summed E-state index contributed by atoms with van der Waals surface area (Å²) < 4.78 is 25.9. The standard InChI is InChI=1S/C27H22FIN2O4/c1-2-34-25-12-18(11-23(29)26(25)35-16-17-6-5-9-21(28)10-17)15-30-31-27(33)22-13-19-7-3-4-8-20(19)14-24(22)32/h3-15,32H,2,16H2,1H3,(H,31,33). The fraction of sp³-hybridized carbons (Fsp3) is 0.111. The molecule has 0 aliphatic carbocycles. The number of hydrogen-bond donors (Lipinski definition) is 2. The number of hydrazone groups is 1. The first-order chi connectivity index (χ1) is 16.9. The number of ether oxygens (including phenoxy) is 2. The van der Waals surface area contributed by atoms with Crippen molar-refractivity contribution in [1.82, 2.24) is 5.43 Å². The number of phenols is 1. The molecule has 0 aliphatic heterocycles. The molecule has 0 saturated heterocycles. The Hall–Kier alpha value is -3.66. The van der Waals surface area contributed by atoms with E-state index in [0.717, 1.165) is 14.3 Å². The van der Waals surface area contributed by atoms with Crippen LogP contribution in [0.25, 0.3) is 10.8 Å². The van der Waals surface area contributed by atoms with Crippen LogP contribution in [-0.2, 0) is 6.61 Å². The van der Waals surface area contributed by atoms with Gasteiger partial charge in [0.05, 0.1) is 22.0 Å². The minimum Gasteiger partial charge on any atom is -0.507 e. The first kappa shape index (κ1) is 24.5. The van der Waals surface area contributed by atoms with Gasteiger partial charge in [0.1, 0.15) is 18.2 Å². The lowest BCUT2D eigenvalue weighted by Crippen LogP contribution is -2.17. The molecule has 35 heavy (non-hydrogen) atoms. The van der Waals surface area contributed by atoms with Crippen molar-refractivity contribution in [2.24, 2.45) is 5.10 Å². The van der Waals surface area contributed by atoms with Crippen LogP contribution < -0.4 is 14.9 Å². The zero-order valence-corrected chi connectivity index (χ0v) is 21.0. The van der Waals surface area contributed by atoms with Crippen LogP contribution in [0.2, 0.25) is 0 Å². The van der Waals surface area contributed by atoms with Crippen LogP contribution in [0.3, 0.4) is 0 Å². The number of nitrogens with one attached hydrogen (secondary N) is 1. The van der Waals surface area contributed by atoms with Gasteiger partial charge in [-0.05, 0) is 87.8 Å². The fourth-order valence-corrected chi connectivity index (χ4v) is 4.26. The predicted octanol–water partition coefficient (Wildman–Crippen LogP) is 6.03.